The zero-order chi connectivity index (χ0) is 10.7. The van der Waals surface area contributed by atoms with Gasteiger partial charge in [0.25, 0.3) is 0 Å². The van der Waals surface area contributed by atoms with E-state index in [9.17, 15) is 8.78 Å². The van der Waals surface area contributed by atoms with Crippen LogP contribution >= 0.6 is 0 Å². The first-order chi connectivity index (χ1) is 6.61. The summed E-state index contributed by atoms with van der Waals surface area (Å²) in [5.41, 5.74) is 5.57. The Labute approximate surface area is 80.1 Å². The van der Waals surface area contributed by atoms with E-state index in [2.05, 4.69) is 0 Å². The van der Waals surface area contributed by atoms with E-state index in [1.54, 1.807) is 0 Å². The monoisotopic (exact) mass is 203 g/mol. The second-order valence-electron chi connectivity index (χ2n) is 2.75. The van der Waals surface area contributed by atoms with E-state index >= 15 is 0 Å². The number of phenols is 1. The quantitative estimate of drug-likeness (QED) is 0.775. The molecule has 0 saturated heterocycles. The normalized spacial score (nSPS) is 10.3. The fraction of sp³-hybridized carbons (Fsp3) is 0.333. The maximum absolute atomic E-state index is 13.2. The standard InChI is InChI=1S/C9H11F2NO2/c1-14-9-5(2-3-12)4-6(10)8(13)7(9)11/h4,13H,2-3,12H2,1H3. The van der Waals surface area contributed by atoms with Crippen LogP contribution in [0.1, 0.15) is 5.56 Å². The Hall–Kier alpha value is -1.36. The molecule has 1 aromatic carbocycles. The molecule has 1 aromatic rings. The van der Waals surface area contributed by atoms with E-state index in [1.807, 2.05) is 0 Å². The predicted octanol–water partition coefficient (Wildman–Crippen LogP) is 1.18. The molecule has 0 fully saturated rings. The molecule has 0 aliphatic heterocycles. The zero-order valence-corrected chi connectivity index (χ0v) is 7.68. The number of methoxy groups -OCH3 is 1. The number of aromatic hydroxyl groups is 1. The molecule has 3 N–H and O–H groups in total. The Morgan fingerprint density at radius 2 is 2.14 bits per heavy atom. The number of nitrogens with two attached hydrogens (primary N) is 1. The molecular formula is C9H11F2NO2. The van der Waals surface area contributed by atoms with Crippen LogP contribution in [0.15, 0.2) is 6.07 Å². The van der Waals surface area contributed by atoms with E-state index in [0.29, 0.717) is 5.56 Å². The van der Waals surface area contributed by atoms with Crippen LogP contribution in [0.2, 0.25) is 0 Å². The Balaban J connectivity index is 3.28. The highest BCUT2D eigenvalue weighted by atomic mass is 19.1. The third-order valence-electron chi connectivity index (χ3n) is 1.84. The Morgan fingerprint density at radius 3 is 2.64 bits per heavy atom. The van der Waals surface area contributed by atoms with Crippen LogP contribution in [-0.4, -0.2) is 18.8 Å². The van der Waals surface area contributed by atoms with Crippen molar-refractivity contribution in [2.24, 2.45) is 5.73 Å². The average molecular weight is 203 g/mol. The lowest BCUT2D eigenvalue weighted by Gasteiger charge is -2.10. The number of rotatable bonds is 3. The van der Waals surface area contributed by atoms with Crippen molar-refractivity contribution in [2.75, 3.05) is 13.7 Å². The molecule has 0 heterocycles. The summed E-state index contributed by atoms with van der Waals surface area (Å²) in [7, 11) is 1.25. The fourth-order valence-electron chi connectivity index (χ4n) is 1.20. The minimum Gasteiger partial charge on any atom is -0.503 e. The van der Waals surface area contributed by atoms with Gasteiger partial charge in [0.05, 0.1) is 7.11 Å². The van der Waals surface area contributed by atoms with Crippen molar-refractivity contribution < 1.29 is 18.6 Å². The molecule has 3 nitrogen and oxygen atoms in total. The molecule has 0 aliphatic carbocycles. The fourth-order valence-corrected chi connectivity index (χ4v) is 1.20. The van der Waals surface area contributed by atoms with Gasteiger partial charge in [-0.25, -0.2) is 4.39 Å². The second kappa shape index (κ2) is 4.23. The summed E-state index contributed by atoms with van der Waals surface area (Å²) < 4.78 is 30.8. The van der Waals surface area contributed by atoms with Crippen molar-refractivity contribution in [2.45, 2.75) is 6.42 Å². The molecule has 5 heteroatoms. The van der Waals surface area contributed by atoms with E-state index < -0.39 is 17.4 Å². The topological polar surface area (TPSA) is 55.5 Å². The number of hydrogen-bond acceptors (Lipinski definition) is 3. The van der Waals surface area contributed by atoms with Crippen LogP contribution < -0.4 is 10.5 Å². The Kier molecular flexibility index (Phi) is 3.24. The maximum atomic E-state index is 13.2. The first kappa shape index (κ1) is 10.7. The number of halogens is 2. The van der Waals surface area contributed by atoms with Crippen LogP contribution in [0, 0.1) is 11.6 Å². The SMILES string of the molecule is COc1c(CCN)cc(F)c(O)c1F. The summed E-state index contributed by atoms with van der Waals surface area (Å²) in [6.45, 7) is 0.250. The zero-order valence-electron chi connectivity index (χ0n) is 7.68. The van der Waals surface area contributed by atoms with Gasteiger partial charge in [-0.1, -0.05) is 0 Å². The minimum absolute atomic E-state index is 0.158. The molecule has 0 amide bonds. The van der Waals surface area contributed by atoms with Crippen LogP contribution in [-0.2, 0) is 6.42 Å². The maximum Gasteiger partial charge on any atom is 0.209 e. The van der Waals surface area contributed by atoms with Gasteiger partial charge in [0.1, 0.15) is 0 Å². The molecule has 0 saturated carbocycles. The molecular weight excluding hydrogens is 192 g/mol. The van der Waals surface area contributed by atoms with Gasteiger partial charge < -0.3 is 15.6 Å². The average Bonchev–Trinajstić information content (AvgIpc) is 2.16. The molecule has 14 heavy (non-hydrogen) atoms. The van der Waals surface area contributed by atoms with Crippen LogP contribution in [0.3, 0.4) is 0 Å². The number of phenolic OH excluding ortho intramolecular Hbond substituents is 1. The largest absolute Gasteiger partial charge is 0.503 e. The molecule has 78 valence electrons. The summed E-state index contributed by atoms with van der Waals surface area (Å²) in [5, 5.41) is 8.95. The van der Waals surface area contributed by atoms with Crippen molar-refractivity contribution >= 4 is 0 Å². The summed E-state index contributed by atoms with van der Waals surface area (Å²) in [6.07, 6.45) is 0.289. The Bertz CT molecular complexity index is 342. The lowest BCUT2D eigenvalue weighted by molar-refractivity contribution is 0.346. The number of benzene rings is 1. The molecule has 1 rings (SSSR count). The lowest BCUT2D eigenvalue weighted by Crippen LogP contribution is -2.06. The van der Waals surface area contributed by atoms with Gasteiger partial charge in [-0.05, 0) is 19.0 Å². The third kappa shape index (κ3) is 1.77. The minimum atomic E-state index is -1.09. The lowest BCUT2D eigenvalue weighted by atomic mass is 10.1. The van der Waals surface area contributed by atoms with Crippen molar-refractivity contribution in [1.29, 1.82) is 0 Å². The van der Waals surface area contributed by atoms with Gasteiger partial charge in [-0.15, -0.1) is 0 Å². The highest BCUT2D eigenvalue weighted by molar-refractivity contribution is 5.43. The van der Waals surface area contributed by atoms with E-state index in [4.69, 9.17) is 15.6 Å². The van der Waals surface area contributed by atoms with E-state index in [-0.39, 0.29) is 18.7 Å². The van der Waals surface area contributed by atoms with E-state index in [0.717, 1.165) is 6.07 Å². The molecule has 0 unspecified atom stereocenters. The van der Waals surface area contributed by atoms with Gasteiger partial charge in [-0.3, -0.25) is 0 Å². The van der Waals surface area contributed by atoms with Gasteiger partial charge in [-0.2, -0.15) is 4.39 Å². The first-order valence-electron chi connectivity index (χ1n) is 4.05. The highest BCUT2D eigenvalue weighted by Crippen LogP contribution is 2.32. The Morgan fingerprint density at radius 1 is 1.50 bits per heavy atom. The van der Waals surface area contributed by atoms with Gasteiger partial charge in [0.2, 0.25) is 5.82 Å². The molecule has 0 aliphatic rings. The molecule has 0 bridgehead atoms. The molecule has 0 spiro atoms. The summed E-state index contributed by atoms with van der Waals surface area (Å²) >= 11 is 0. The summed E-state index contributed by atoms with van der Waals surface area (Å²) in [6, 6.07) is 1.02. The van der Waals surface area contributed by atoms with Gasteiger partial charge in [0.15, 0.2) is 17.3 Å². The van der Waals surface area contributed by atoms with Gasteiger partial charge >= 0.3 is 0 Å². The van der Waals surface area contributed by atoms with Crippen molar-refractivity contribution in [3.8, 4) is 11.5 Å². The molecule has 0 radical (unpaired) electrons. The van der Waals surface area contributed by atoms with Crippen LogP contribution in [0.25, 0.3) is 0 Å². The van der Waals surface area contributed by atoms with Crippen LogP contribution in [0.4, 0.5) is 8.78 Å². The van der Waals surface area contributed by atoms with Crippen molar-refractivity contribution in [1.82, 2.24) is 0 Å². The highest BCUT2D eigenvalue weighted by Gasteiger charge is 2.17. The smallest absolute Gasteiger partial charge is 0.209 e. The van der Waals surface area contributed by atoms with E-state index in [1.165, 1.54) is 7.11 Å². The first-order valence-corrected chi connectivity index (χ1v) is 4.05. The van der Waals surface area contributed by atoms with Crippen LogP contribution in [0.5, 0.6) is 11.5 Å². The van der Waals surface area contributed by atoms with Gasteiger partial charge in [0, 0.05) is 5.56 Å². The van der Waals surface area contributed by atoms with Crippen molar-refractivity contribution in [3.63, 3.8) is 0 Å². The summed E-state index contributed by atoms with van der Waals surface area (Å²) in [5.74, 6) is -3.28. The second-order valence-corrected chi connectivity index (χ2v) is 2.75. The summed E-state index contributed by atoms with van der Waals surface area (Å²) in [4.78, 5) is 0. The molecule has 0 atom stereocenters. The third-order valence-corrected chi connectivity index (χ3v) is 1.84. The van der Waals surface area contributed by atoms with Crippen molar-refractivity contribution in [3.05, 3.63) is 23.3 Å². The molecule has 0 aromatic heterocycles. The predicted molar refractivity (Wildman–Crippen MR) is 47.3 cm³/mol. The number of ether oxygens (including phenoxy) is 1. The number of hydrogen-bond donors (Lipinski definition) is 2.